The predicted octanol–water partition coefficient (Wildman–Crippen LogP) is -0.0802. The van der Waals surface area contributed by atoms with Crippen molar-refractivity contribution in [2.75, 3.05) is 26.3 Å². The molecule has 1 aliphatic rings. The summed E-state index contributed by atoms with van der Waals surface area (Å²) in [7, 11) is 0. The molecule has 0 radical (unpaired) electrons. The minimum atomic E-state index is -0.518. The maximum atomic E-state index is 11.9. The molecule has 0 saturated carbocycles. The molecule has 0 aliphatic carbocycles. The number of morpholine rings is 1. The molecule has 3 N–H and O–H groups in total. The average Bonchev–Trinajstić information content (AvgIpc) is 2.41. The van der Waals surface area contributed by atoms with Gasteiger partial charge in [0.05, 0.1) is 19.3 Å². The first kappa shape index (κ1) is 13.0. The van der Waals surface area contributed by atoms with Crippen LogP contribution in [-0.2, 0) is 16.0 Å². The van der Waals surface area contributed by atoms with Crippen molar-refractivity contribution in [2.24, 2.45) is 5.73 Å². The summed E-state index contributed by atoms with van der Waals surface area (Å²) in [5, 5.41) is 1.86. The molecule has 5 nitrogen and oxygen atoms in total. The molecule has 1 unspecified atom stereocenters. The fourth-order valence-corrected chi connectivity index (χ4v) is 1.87. The highest BCUT2D eigenvalue weighted by atomic mass is 16.5. The maximum Gasteiger partial charge on any atom is 0.251 e. The SMILES string of the molecule is NC(Cc1ccccc1)C(=O)NN1CCOCC1. The topological polar surface area (TPSA) is 67.6 Å². The molecule has 1 aliphatic heterocycles. The van der Waals surface area contributed by atoms with E-state index in [0.29, 0.717) is 32.7 Å². The van der Waals surface area contributed by atoms with Crippen molar-refractivity contribution in [3.63, 3.8) is 0 Å². The van der Waals surface area contributed by atoms with Gasteiger partial charge in [-0.05, 0) is 12.0 Å². The van der Waals surface area contributed by atoms with Crippen LogP contribution in [0.5, 0.6) is 0 Å². The van der Waals surface area contributed by atoms with Crippen LogP contribution in [0.4, 0.5) is 0 Å². The molecule has 1 saturated heterocycles. The maximum absolute atomic E-state index is 11.9. The minimum absolute atomic E-state index is 0.138. The average molecular weight is 249 g/mol. The van der Waals surface area contributed by atoms with Gasteiger partial charge in [0.25, 0.3) is 5.91 Å². The Kier molecular flexibility index (Phi) is 4.69. The van der Waals surface area contributed by atoms with Crippen LogP contribution in [0.2, 0.25) is 0 Å². The van der Waals surface area contributed by atoms with Crippen LogP contribution >= 0.6 is 0 Å². The number of amides is 1. The standard InChI is InChI=1S/C13H19N3O2/c14-12(10-11-4-2-1-3-5-11)13(17)15-16-6-8-18-9-7-16/h1-5,12H,6-10,14H2,(H,15,17). The van der Waals surface area contributed by atoms with Gasteiger partial charge in [0.15, 0.2) is 0 Å². The zero-order valence-corrected chi connectivity index (χ0v) is 10.3. The molecule has 1 heterocycles. The number of carbonyl (C=O) groups is 1. The van der Waals surface area contributed by atoms with Crippen LogP contribution in [0, 0.1) is 0 Å². The Balaban J connectivity index is 1.81. The van der Waals surface area contributed by atoms with E-state index in [-0.39, 0.29) is 5.91 Å². The second kappa shape index (κ2) is 6.49. The first-order chi connectivity index (χ1) is 8.75. The fraction of sp³-hybridized carbons (Fsp3) is 0.462. The Morgan fingerprint density at radius 3 is 2.67 bits per heavy atom. The van der Waals surface area contributed by atoms with E-state index in [4.69, 9.17) is 10.5 Å². The molecule has 0 bridgehead atoms. The van der Waals surface area contributed by atoms with Gasteiger partial charge in [-0.2, -0.15) is 0 Å². The number of ether oxygens (including phenoxy) is 1. The molecule has 0 aromatic heterocycles. The molecule has 18 heavy (non-hydrogen) atoms. The van der Waals surface area contributed by atoms with Gasteiger partial charge >= 0.3 is 0 Å². The second-order valence-electron chi connectivity index (χ2n) is 4.37. The quantitative estimate of drug-likeness (QED) is 0.783. The number of nitrogens with one attached hydrogen (secondary N) is 1. The lowest BCUT2D eigenvalue weighted by molar-refractivity contribution is -0.129. The van der Waals surface area contributed by atoms with Gasteiger partial charge in [0.2, 0.25) is 0 Å². The summed E-state index contributed by atoms with van der Waals surface area (Å²) >= 11 is 0. The van der Waals surface area contributed by atoms with Crippen molar-refractivity contribution >= 4 is 5.91 Å². The number of hydrogen-bond acceptors (Lipinski definition) is 4. The first-order valence-corrected chi connectivity index (χ1v) is 6.18. The Hall–Kier alpha value is -1.43. The number of rotatable bonds is 4. The molecule has 1 atom stereocenters. The van der Waals surface area contributed by atoms with Gasteiger partial charge in [0, 0.05) is 13.1 Å². The third kappa shape index (κ3) is 3.80. The summed E-state index contributed by atoms with van der Waals surface area (Å²) in [6.07, 6.45) is 0.553. The second-order valence-corrected chi connectivity index (χ2v) is 4.37. The molecule has 1 aromatic rings. The summed E-state index contributed by atoms with van der Waals surface area (Å²) in [5.74, 6) is -0.138. The molecule has 98 valence electrons. The summed E-state index contributed by atoms with van der Waals surface area (Å²) in [6, 6.07) is 9.27. The highest BCUT2D eigenvalue weighted by molar-refractivity contribution is 5.81. The van der Waals surface area contributed by atoms with E-state index in [1.807, 2.05) is 35.3 Å². The van der Waals surface area contributed by atoms with E-state index >= 15 is 0 Å². The van der Waals surface area contributed by atoms with Crippen molar-refractivity contribution in [2.45, 2.75) is 12.5 Å². The van der Waals surface area contributed by atoms with Crippen LogP contribution in [-0.4, -0.2) is 43.3 Å². The Morgan fingerprint density at radius 1 is 1.33 bits per heavy atom. The zero-order valence-electron chi connectivity index (χ0n) is 10.3. The third-order valence-electron chi connectivity index (χ3n) is 2.91. The van der Waals surface area contributed by atoms with E-state index in [0.717, 1.165) is 5.56 Å². The van der Waals surface area contributed by atoms with Gasteiger partial charge in [0.1, 0.15) is 0 Å². The van der Waals surface area contributed by atoms with Crippen molar-refractivity contribution in [1.82, 2.24) is 10.4 Å². The van der Waals surface area contributed by atoms with Crippen LogP contribution in [0.3, 0.4) is 0 Å². The molecule has 0 spiro atoms. The van der Waals surface area contributed by atoms with E-state index in [2.05, 4.69) is 5.43 Å². The van der Waals surface area contributed by atoms with Gasteiger partial charge < -0.3 is 10.5 Å². The molecular weight excluding hydrogens is 230 g/mol. The van der Waals surface area contributed by atoms with E-state index in [1.165, 1.54) is 0 Å². The Morgan fingerprint density at radius 2 is 2.00 bits per heavy atom. The van der Waals surface area contributed by atoms with Crippen LogP contribution in [0.1, 0.15) is 5.56 Å². The van der Waals surface area contributed by atoms with E-state index in [9.17, 15) is 4.79 Å². The van der Waals surface area contributed by atoms with Crippen LogP contribution in [0.25, 0.3) is 0 Å². The van der Waals surface area contributed by atoms with E-state index in [1.54, 1.807) is 0 Å². The molecule has 1 fully saturated rings. The first-order valence-electron chi connectivity index (χ1n) is 6.18. The molecule has 2 rings (SSSR count). The Labute approximate surface area is 107 Å². The van der Waals surface area contributed by atoms with Crippen molar-refractivity contribution < 1.29 is 9.53 Å². The monoisotopic (exact) mass is 249 g/mol. The van der Waals surface area contributed by atoms with Crippen molar-refractivity contribution in [3.05, 3.63) is 35.9 Å². The number of hydrazine groups is 1. The fourth-order valence-electron chi connectivity index (χ4n) is 1.87. The van der Waals surface area contributed by atoms with Crippen molar-refractivity contribution in [3.8, 4) is 0 Å². The third-order valence-corrected chi connectivity index (χ3v) is 2.91. The lowest BCUT2D eigenvalue weighted by atomic mass is 10.1. The summed E-state index contributed by atoms with van der Waals surface area (Å²) < 4.78 is 5.21. The van der Waals surface area contributed by atoms with Crippen LogP contribution in [0.15, 0.2) is 30.3 Å². The Bertz CT molecular complexity index is 377. The number of carbonyl (C=O) groups excluding carboxylic acids is 1. The summed E-state index contributed by atoms with van der Waals surface area (Å²) in [4.78, 5) is 11.9. The van der Waals surface area contributed by atoms with Gasteiger partial charge in [-0.15, -0.1) is 0 Å². The number of nitrogens with zero attached hydrogens (tertiary/aromatic N) is 1. The van der Waals surface area contributed by atoms with Gasteiger partial charge in [-0.25, -0.2) is 5.01 Å². The zero-order chi connectivity index (χ0) is 12.8. The smallest absolute Gasteiger partial charge is 0.251 e. The van der Waals surface area contributed by atoms with Crippen LogP contribution < -0.4 is 11.2 Å². The minimum Gasteiger partial charge on any atom is -0.379 e. The highest BCUT2D eigenvalue weighted by Crippen LogP contribution is 2.02. The number of hydrogen-bond donors (Lipinski definition) is 2. The van der Waals surface area contributed by atoms with Crippen molar-refractivity contribution in [1.29, 1.82) is 0 Å². The molecule has 5 heteroatoms. The molecule has 1 amide bonds. The van der Waals surface area contributed by atoms with Gasteiger partial charge in [-0.3, -0.25) is 10.2 Å². The normalized spacial score (nSPS) is 18.3. The lowest BCUT2D eigenvalue weighted by Gasteiger charge is -2.28. The highest BCUT2D eigenvalue weighted by Gasteiger charge is 2.18. The number of nitrogens with two attached hydrogens (primary N) is 1. The lowest BCUT2D eigenvalue weighted by Crippen LogP contribution is -2.53. The summed E-state index contributed by atoms with van der Waals surface area (Å²) in [6.45, 7) is 2.72. The molecular formula is C13H19N3O2. The molecule has 1 aromatic carbocycles. The van der Waals surface area contributed by atoms with Gasteiger partial charge in [-0.1, -0.05) is 30.3 Å². The largest absolute Gasteiger partial charge is 0.379 e. The van der Waals surface area contributed by atoms with E-state index < -0.39 is 6.04 Å². The summed E-state index contributed by atoms with van der Waals surface area (Å²) in [5.41, 5.74) is 9.80. The predicted molar refractivity (Wildman–Crippen MR) is 68.7 cm³/mol. The number of benzene rings is 1.